The number of carbonyl (C=O) groups is 1. The highest BCUT2D eigenvalue weighted by molar-refractivity contribution is 7.99. The minimum Gasteiger partial charge on any atom is -0.325 e. The van der Waals surface area contributed by atoms with Crippen LogP contribution in [0.15, 0.2) is 53.9 Å². The standard InChI is InChI=1S/C19H20FN5OS/c1-2-3-10-25-18(14-6-5-9-21-12-14)23-24-19(25)27-13-17(26)22-16-8-4-7-15(20)11-16/h4-9,11-12H,2-3,10,13H2,1H3,(H,22,26). The van der Waals surface area contributed by atoms with Crippen molar-refractivity contribution in [3.63, 3.8) is 0 Å². The number of hydrogen-bond acceptors (Lipinski definition) is 5. The summed E-state index contributed by atoms with van der Waals surface area (Å²) in [6, 6.07) is 9.61. The lowest BCUT2D eigenvalue weighted by Crippen LogP contribution is -2.14. The number of nitrogens with one attached hydrogen (secondary N) is 1. The second-order valence-electron chi connectivity index (χ2n) is 5.90. The first-order valence-electron chi connectivity index (χ1n) is 8.69. The first kappa shape index (κ1) is 19.0. The third-order valence-electron chi connectivity index (χ3n) is 3.81. The van der Waals surface area contributed by atoms with Crippen LogP contribution >= 0.6 is 11.8 Å². The van der Waals surface area contributed by atoms with Crippen molar-refractivity contribution in [2.45, 2.75) is 31.5 Å². The van der Waals surface area contributed by atoms with Gasteiger partial charge in [-0.1, -0.05) is 31.2 Å². The minimum atomic E-state index is -0.388. The van der Waals surface area contributed by atoms with Crippen LogP contribution in [0.1, 0.15) is 19.8 Å². The van der Waals surface area contributed by atoms with E-state index in [0.717, 1.165) is 30.8 Å². The van der Waals surface area contributed by atoms with E-state index in [1.54, 1.807) is 24.5 Å². The number of pyridine rings is 1. The van der Waals surface area contributed by atoms with Crippen LogP contribution in [0.2, 0.25) is 0 Å². The average molecular weight is 385 g/mol. The molecule has 0 saturated carbocycles. The van der Waals surface area contributed by atoms with Crippen molar-refractivity contribution in [1.82, 2.24) is 19.7 Å². The van der Waals surface area contributed by atoms with Crippen LogP contribution in [0, 0.1) is 5.82 Å². The van der Waals surface area contributed by atoms with Gasteiger partial charge in [0.1, 0.15) is 5.82 Å². The van der Waals surface area contributed by atoms with Gasteiger partial charge in [0.25, 0.3) is 0 Å². The summed E-state index contributed by atoms with van der Waals surface area (Å²) in [5.41, 5.74) is 1.32. The highest BCUT2D eigenvalue weighted by Crippen LogP contribution is 2.24. The van der Waals surface area contributed by atoms with E-state index in [9.17, 15) is 9.18 Å². The molecule has 0 bridgehead atoms. The number of thioether (sulfide) groups is 1. The Balaban J connectivity index is 1.70. The lowest BCUT2D eigenvalue weighted by molar-refractivity contribution is -0.113. The van der Waals surface area contributed by atoms with Crippen LogP contribution in [0.5, 0.6) is 0 Å². The van der Waals surface area contributed by atoms with Gasteiger partial charge >= 0.3 is 0 Å². The molecule has 2 aromatic heterocycles. The van der Waals surface area contributed by atoms with E-state index in [1.807, 2.05) is 16.7 Å². The average Bonchev–Trinajstić information content (AvgIpc) is 3.08. The normalized spacial score (nSPS) is 10.7. The number of aromatic nitrogens is 4. The van der Waals surface area contributed by atoms with Crippen LogP contribution in [-0.2, 0) is 11.3 Å². The van der Waals surface area contributed by atoms with E-state index in [0.29, 0.717) is 10.8 Å². The van der Waals surface area contributed by atoms with Crippen molar-refractivity contribution in [3.05, 3.63) is 54.6 Å². The molecule has 6 nitrogen and oxygen atoms in total. The van der Waals surface area contributed by atoms with Gasteiger partial charge in [-0.3, -0.25) is 9.78 Å². The molecule has 3 aromatic rings. The van der Waals surface area contributed by atoms with Crippen molar-refractivity contribution >= 4 is 23.4 Å². The summed E-state index contributed by atoms with van der Waals surface area (Å²) >= 11 is 1.31. The summed E-state index contributed by atoms with van der Waals surface area (Å²) in [5.74, 6) is 0.289. The monoisotopic (exact) mass is 385 g/mol. The molecule has 3 rings (SSSR count). The molecule has 0 atom stereocenters. The van der Waals surface area contributed by atoms with Crippen LogP contribution in [0.3, 0.4) is 0 Å². The van der Waals surface area contributed by atoms with Gasteiger partial charge in [0.05, 0.1) is 5.75 Å². The number of hydrogen-bond donors (Lipinski definition) is 1. The predicted molar refractivity (Wildman–Crippen MR) is 104 cm³/mol. The van der Waals surface area contributed by atoms with E-state index in [1.165, 1.54) is 23.9 Å². The van der Waals surface area contributed by atoms with Gasteiger partial charge in [-0.25, -0.2) is 4.39 Å². The maximum Gasteiger partial charge on any atom is 0.234 e. The Labute approximate surface area is 161 Å². The number of rotatable bonds is 8. The smallest absolute Gasteiger partial charge is 0.234 e. The third-order valence-corrected chi connectivity index (χ3v) is 4.78. The summed E-state index contributed by atoms with van der Waals surface area (Å²) in [7, 11) is 0. The molecule has 0 radical (unpaired) electrons. The Morgan fingerprint density at radius 3 is 2.89 bits per heavy atom. The van der Waals surface area contributed by atoms with Crippen molar-refractivity contribution in [3.8, 4) is 11.4 Å². The SMILES string of the molecule is CCCCn1c(SCC(=O)Nc2cccc(F)c2)nnc1-c1cccnc1. The van der Waals surface area contributed by atoms with E-state index in [-0.39, 0.29) is 17.5 Å². The zero-order valence-electron chi connectivity index (χ0n) is 14.9. The molecule has 0 aliphatic carbocycles. The number of anilines is 1. The quantitative estimate of drug-likeness (QED) is 0.593. The molecule has 1 aromatic carbocycles. The molecule has 0 unspecified atom stereocenters. The Hall–Kier alpha value is -2.74. The van der Waals surface area contributed by atoms with Gasteiger partial charge in [-0.2, -0.15) is 0 Å². The number of benzene rings is 1. The van der Waals surface area contributed by atoms with E-state index < -0.39 is 0 Å². The number of nitrogens with zero attached hydrogens (tertiary/aromatic N) is 4. The van der Waals surface area contributed by atoms with Gasteiger partial charge in [0.2, 0.25) is 5.91 Å². The maximum atomic E-state index is 13.2. The van der Waals surface area contributed by atoms with Crippen LogP contribution in [0.4, 0.5) is 10.1 Å². The Bertz CT molecular complexity index is 900. The maximum absolute atomic E-state index is 13.2. The lowest BCUT2D eigenvalue weighted by atomic mass is 10.2. The van der Waals surface area contributed by atoms with Crippen LogP contribution in [-0.4, -0.2) is 31.4 Å². The minimum absolute atomic E-state index is 0.161. The summed E-state index contributed by atoms with van der Waals surface area (Å²) in [5, 5.41) is 11.9. The largest absolute Gasteiger partial charge is 0.325 e. The second kappa shape index (κ2) is 9.27. The molecule has 0 fully saturated rings. The summed E-state index contributed by atoms with van der Waals surface area (Å²) in [6.07, 6.45) is 5.48. The summed E-state index contributed by atoms with van der Waals surface area (Å²) < 4.78 is 15.2. The molecule has 27 heavy (non-hydrogen) atoms. The molecule has 8 heteroatoms. The fraction of sp³-hybridized carbons (Fsp3) is 0.263. The zero-order chi connectivity index (χ0) is 19.1. The first-order valence-corrected chi connectivity index (χ1v) is 9.67. The molecule has 1 amide bonds. The summed E-state index contributed by atoms with van der Waals surface area (Å²) in [4.78, 5) is 16.3. The Kier molecular flexibility index (Phi) is 6.54. The first-order chi connectivity index (χ1) is 13.2. The molecule has 1 N–H and O–H groups in total. The van der Waals surface area contributed by atoms with Crippen molar-refractivity contribution in [2.24, 2.45) is 0 Å². The Morgan fingerprint density at radius 2 is 2.15 bits per heavy atom. The molecule has 2 heterocycles. The van der Waals surface area contributed by atoms with Crippen molar-refractivity contribution in [2.75, 3.05) is 11.1 Å². The van der Waals surface area contributed by atoms with Gasteiger partial charge in [0.15, 0.2) is 11.0 Å². The number of amides is 1. The van der Waals surface area contributed by atoms with E-state index >= 15 is 0 Å². The molecule has 0 aliphatic rings. The second-order valence-corrected chi connectivity index (χ2v) is 6.84. The van der Waals surface area contributed by atoms with Gasteiger partial charge in [0, 0.05) is 30.2 Å². The van der Waals surface area contributed by atoms with Gasteiger partial charge in [-0.15, -0.1) is 10.2 Å². The zero-order valence-corrected chi connectivity index (χ0v) is 15.7. The highest BCUT2D eigenvalue weighted by Gasteiger charge is 2.15. The number of unbranched alkanes of at least 4 members (excludes halogenated alkanes) is 1. The topological polar surface area (TPSA) is 72.7 Å². The van der Waals surface area contributed by atoms with Crippen LogP contribution < -0.4 is 5.32 Å². The lowest BCUT2D eigenvalue weighted by Gasteiger charge is -2.09. The third kappa shape index (κ3) is 5.13. The molecule has 140 valence electrons. The Morgan fingerprint density at radius 1 is 1.26 bits per heavy atom. The van der Waals surface area contributed by atoms with E-state index in [4.69, 9.17) is 0 Å². The van der Waals surface area contributed by atoms with Crippen molar-refractivity contribution in [1.29, 1.82) is 0 Å². The summed E-state index contributed by atoms with van der Waals surface area (Å²) in [6.45, 7) is 2.88. The number of halogens is 1. The molecular formula is C19H20FN5OS. The van der Waals surface area contributed by atoms with Crippen LogP contribution in [0.25, 0.3) is 11.4 Å². The fourth-order valence-corrected chi connectivity index (χ4v) is 3.28. The molecule has 0 saturated heterocycles. The predicted octanol–water partition coefficient (Wildman–Crippen LogP) is 4.01. The molecule has 0 spiro atoms. The fourth-order valence-electron chi connectivity index (χ4n) is 2.52. The van der Waals surface area contributed by atoms with Crippen molar-refractivity contribution < 1.29 is 9.18 Å². The molecule has 0 aliphatic heterocycles. The highest BCUT2D eigenvalue weighted by atomic mass is 32.2. The van der Waals surface area contributed by atoms with Gasteiger partial charge < -0.3 is 9.88 Å². The van der Waals surface area contributed by atoms with Gasteiger partial charge in [-0.05, 0) is 36.8 Å². The number of carbonyl (C=O) groups excluding carboxylic acids is 1. The van der Waals surface area contributed by atoms with E-state index in [2.05, 4.69) is 27.4 Å². The molecular weight excluding hydrogens is 365 g/mol.